The lowest BCUT2D eigenvalue weighted by Crippen LogP contribution is -2.23. The van der Waals surface area contributed by atoms with Crippen molar-refractivity contribution in [1.82, 2.24) is 15.2 Å². The summed E-state index contributed by atoms with van der Waals surface area (Å²) in [5, 5.41) is 12.8. The predicted molar refractivity (Wildman–Crippen MR) is 65.5 cm³/mol. The lowest BCUT2D eigenvalue weighted by atomic mass is 10.2. The van der Waals surface area contributed by atoms with Gasteiger partial charge in [0.1, 0.15) is 5.75 Å². The van der Waals surface area contributed by atoms with Crippen LogP contribution in [0.15, 0.2) is 12.1 Å². The van der Waals surface area contributed by atoms with Crippen LogP contribution in [-0.4, -0.2) is 42.2 Å². The van der Waals surface area contributed by atoms with Crippen molar-refractivity contribution in [1.29, 1.82) is 0 Å². The molecule has 2 N–H and O–H groups in total. The molecule has 0 fully saturated rings. The van der Waals surface area contributed by atoms with Gasteiger partial charge in [0, 0.05) is 12.2 Å². The second-order valence-electron chi connectivity index (χ2n) is 4.11. The summed E-state index contributed by atoms with van der Waals surface area (Å²) < 4.78 is 0. The number of aromatic nitrogens is 1. The van der Waals surface area contributed by atoms with Crippen molar-refractivity contribution < 1.29 is 5.11 Å². The van der Waals surface area contributed by atoms with E-state index in [1.807, 2.05) is 27.1 Å². The molecular weight excluding hydrogens is 202 g/mol. The zero-order chi connectivity index (χ0) is 12.0. The summed E-state index contributed by atoms with van der Waals surface area (Å²) in [5.74, 6) is 0.283. The molecule has 1 aromatic heterocycles. The number of pyridine rings is 1. The molecule has 0 amide bonds. The SMILES string of the molecule is CNCCCN(C)Cc1nc(C)ccc1O. The molecule has 0 aliphatic carbocycles. The van der Waals surface area contributed by atoms with Gasteiger partial charge in [-0.15, -0.1) is 0 Å². The molecule has 0 bridgehead atoms. The standard InChI is InChI=1S/C12H21N3O/c1-10-5-6-12(16)11(14-10)9-15(3)8-4-7-13-2/h5-6,13,16H,4,7-9H2,1-3H3. The normalized spacial score (nSPS) is 11.0. The van der Waals surface area contributed by atoms with Gasteiger partial charge in [-0.25, -0.2) is 0 Å². The molecule has 0 unspecified atom stereocenters. The van der Waals surface area contributed by atoms with Crippen LogP contribution in [0.2, 0.25) is 0 Å². The van der Waals surface area contributed by atoms with Crippen LogP contribution < -0.4 is 5.32 Å². The summed E-state index contributed by atoms with van der Waals surface area (Å²) in [6, 6.07) is 3.53. The molecule has 0 saturated heterocycles. The quantitative estimate of drug-likeness (QED) is 0.710. The van der Waals surface area contributed by atoms with Crippen LogP contribution >= 0.6 is 0 Å². The van der Waals surface area contributed by atoms with E-state index in [4.69, 9.17) is 0 Å². The Morgan fingerprint density at radius 2 is 2.19 bits per heavy atom. The Labute approximate surface area is 97.3 Å². The minimum Gasteiger partial charge on any atom is -0.506 e. The van der Waals surface area contributed by atoms with E-state index in [1.165, 1.54) is 0 Å². The highest BCUT2D eigenvalue weighted by atomic mass is 16.3. The molecule has 90 valence electrons. The van der Waals surface area contributed by atoms with Crippen LogP contribution in [0.25, 0.3) is 0 Å². The van der Waals surface area contributed by atoms with Crippen molar-refractivity contribution in [2.75, 3.05) is 27.2 Å². The lowest BCUT2D eigenvalue weighted by molar-refractivity contribution is 0.310. The Hall–Kier alpha value is -1.13. The van der Waals surface area contributed by atoms with Crippen molar-refractivity contribution in [3.63, 3.8) is 0 Å². The zero-order valence-corrected chi connectivity index (χ0v) is 10.3. The molecule has 0 aliphatic rings. The number of hydrogen-bond donors (Lipinski definition) is 2. The first kappa shape index (κ1) is 12.9. The average molecular weight is 223 g/mol. The molecule has 1 heterocycles. The van der Waals surface area contributed by atoms with Gasteiger partial charge in [-0.2, -0.15) is 0 Å². The third-order valence-corrected chi connectivity index (χ3v) is 2.48. The van der Waals surface area contributed by atoms with E-state index in [1.54, 1.807) is 6.07 Å². The van der Waals surface area contributed by atoms with Crippen LogP contribution in [0.4, 0.5) is 0 Å². The van der Waals surface area contributed by atoms with Crippen molar-refractivity contribution >= 4 is 0 Å². The molecule has 0 atom stereocenters. The van der Waals surface area contributed by atoms with E-state index < -0.39 is 0 Å². The maximum absolute atomic E-state index is 9.65. The van der Waals surface area contributed by atoms with Crippen LogP contribution in [0.5, 0.6) is 5.75 Å². The van der Waals surface area contributed by atoms with E-state index in [0.29, 0.717) is 6.54 Å². The molecule has 1 rings (SSSR count). The van der Waals surface area contributed by atoms with Gasteiger partial charge in [0.25, 0.3) is 0 Å². The molecule has 1 aromatic rings. The van der Waals surface area contributed by atoms with E-state index in [9.17, 15) is 5.11 Å². The van der Waals surface area contributed by atoms with E-state index >= 15 is 0 Å². The highest BCUT2D eigenvalue weighted by Gasteiger charge is 2.06. The second-order valence-corrected chi connectivity index (χ2v) is 4.11. The summed E-state index contributed by atoms with van der Waals surface area (Å²) >= 11 is 0. The average Bonchev–Trinajstić information content (AvgIpc) is 2.24. The summed E-state index contributed by atoms with van der Waals surface area (Å²) in [5.41, 5.74) is 1.70. The smallest absolute Gasteiger partial charge is 0.138 e. The minimum absolute atomic E-state index is 0.283. The Balaban J connectivity index is 2.48. The minimum atomic E-state index is 0.283. The third-order valence-electron chi connectivity index (χ3n) is 2.48. The monoisotopic (exact) mass is 223 g/mol. The molecule has 0 aliphatic heterocycles. The van der Waals surface area contributed by atoms with Crippen LogP contribution in [-0.2, 0) is 6.54 Å². The van der Waals surface area contributed by atoms with E-state index in [2.05, 4.69) is 15.2 Å². The van der Waals surface area contributed by atoms with Crippen molar-refractivity contribution in [2.24, 2.45) is 0 Å². The number of aromatic hydroxyl groups is 1. The third kappa shape index (κ3) is 4.16. The Morgan fingerprint density at radius 1 is 1.44 bits per heavy atom. The van der Waals surface area contributed by atoms with Gasteiger partial charge >= 0.3 is 0 Å². The fourth-order valence-electron chi connectivity index (χ4n) is 1.58. The van der Waals surface area contributed by atoms with Crippen LogP contribution in [0.1, 0.15) is 17.8 Å². The largest absolute Gasteiger partial charge is 0.506 e. The molecular formula is C12H21N3O. The summed E-state index contributed by atoms with van der Waals surface area (Å²) in [4.78, 5) is 6.50. The number of nitrogens with one attached hydrogen (secondary N) is 1. The van der Waals surface area contributed by atoms with Crippen molar-refractivity contribution in [2.45, 2.75) is 19.9 Å². The Morgan fingerprint density at radius 3 is 2.88 bits per heavy atom. The number of nitrogens with zero attached hydrogens (tertiary/aromatic N) is 2. The summed E-state index contributed by atoms with van der Waals surface area (Å²) in [6.07, 6.45) is 1.10. The van der Waals surface area contributed by atoms with Gasteiger partial charge in [0.2, 0.25) is 0 Å². The summed E-state index contributed by atoms with van der Waals surface area (Å²) in [6.45, 7) is 4.63. The highest BCUT2D eigenvalue weighted by Crippen LogP contribution is 2.16. The first-order chi connectivity index (χ1) is 7.63. The molecule has 0 aromatic carbocycles. The van der Waals surface area contributed by atoms with Crippen LogP contribution in [0.3, 0.4) is 0 Å². The van der Waals surface area contributed by atoms with Gasteiger partial charge in [-0.1, -0.05) is 0 Å². The Bertz CT molecular complexity index is 328. The molecule has 0 saturated carbocycles. The van der Waals surface area contributed by atoms with Gasteiger partial charge in [0.05, 0.1) is 5.69 Å². The zero-order valence-electron chi connectivity index (χ0n) is 10.3. The van der Waals surface area contributed by atoms with Gasteiger partial charge < -0.3 is 15.3 Å². The topological polar surface area (TPSA) is 48.4 Å². The van der Waals surface area contributed by atoms with E-state index in [-0.39, 0.29) is 5.75 Å². The van der Waals surface area contributed by atoms with Crippen LogP contribution in [0, 0.1) is 6.92 Å². The van der Waals surface area contributed by atoms with Gasteiger partial charge in [-0.05, 0) is 52.7 Å². The Kier molecular flexibility index (Phi) is 5.22. The first-order valence-electron chi connectivity index (χ1n) is 5.62. The van der Waals surface area contributed by atoms with Crippen molar-refractivity contribution in [3.8, 4) is 5.75 Å². The number of rotatable bonds is 6. The van der Waals surface area contributed by atoms with E-state index in [0.717, 1.165) is 30.9 Å². The molecule has 4 nitrogen and oxygen atoms in total. The predicted octanol–water partition coefficient (Wildman–Crippen LogP) is 1.14. The highest BCUT2D eigenvalue weighted by molar-refractivity contribution is 5.27. The van der Waals surface area contributed by atoms with Gasteiger partial charge in [0.15, 0.2) is 0 Å². The molecule has 0 spiro atoms. The number of hydrogen-bond acceptors (Lipinski definition) is 4. The fourth-order valence-corrected chi connectivity index (χ4v) is 1.58. The summed E-state index contributed by atoms with van der Waals surface area (Å²) in [7, 11) is 3.99. The fraction of sp³-hybridized carbons (Fsp3) is 0.583. The molecule has 4 heteroatoms. The maximum Gasteiger partial charge on any atom is 0.138 e. The lowest BCUT2D eigenvalue weighted by Gasteiger charge is -2.16. The number of aryl methyl sites for hydroxylation is 1. The second kappa shape index (κ2) is 6.45. The first-order valence-corrected chi connectivity index (χ1v) is 5.62. The molecule has 16 heavy (non-hydrogen) atoms. The maximum atomic E-state index is 9.65. The van der Waals surface area contributed by atoms with Crippen molar-refractivity contribution in [3.05, 3.63) is 23.5 Å². The molecule has 0 radical (unpaired) electrons. The van der Waals surface area contributed by atoms with Gasteiger partial charge in [-0.3, -0.25) is 4.98 Å².